The summed E-state index contributed by atoms with van der Waals surface area (Å²) >= 11 is 0. The van der Waals surface area contributed by atoms with Crippen molar-refractivity contribution in [1.29, 1.82) is 0 Å². The first-order chi connectivity index (χ1) is 17.3. The van der Waals surface area contributed by atoms with E-state index < -0.39 is 30.1 Å². The lowest BCUT2D eigenvalue weighted by Gasteiger charge is -2.27. The predicted octanol–water partition coefficient (Wildman–Crippen LogP) is 4.55. The molecule has 1 fully saturated rings. The van der Waals surface area contributed by atoms with E-state index in [1.807, 2.05) is 67.6 Å². The molecule has 0 spiro atoms. The van der Waals surface area contributed by atoms with Gasteiger partial charge < -0.3 is 19.3 Å². The van der Waals surface area contributed by atoms with Gasteiger partial charge in [0.2, 0.25) is 5.91 Å². The van der Waals surface area contributed by atoms with Gasteiger partial charge in [0.1, 0.15) is 12.4 Å². The SMILES string of the molecule is C=C[C@H](C(=O)N1C(=O)OC[C@@H]1Cc1ccccc1)[C@H](O)/C(C)=C/[C@@H](C)COCc1ccc(OC)cc1. The monoisotopic (exact) mass is 493 g/mol. The molecule has 2 aromatic rings. The number of imide groups is 1. The quantitative estimate of drug-likeness (QED) is 0.437. The average Bonchev–Trinajstić information content (AvgIpc) is 3.24. The summed E-state index contributed by atoms with van der Waals surface area (Å²) in [5.74, 6) is -0.699. The van der Waals surface area contributed by atoms with Crippen molar-refractivity contribution < 1.29 is 28.9 Å². The number of hydrogen-bond acceptors (Lipinski definition) is 6. The second-order valence-corrected chi connectivity index (χ2v) is 9.09. The first-order valence-electron chi connectivity index (χ1n) is 12.1. The summed E-state index contributed by atoms with van der Waals surface area (Å²) in [5, 5.41) is 11.0. The molecule has 0 radical (unpaired) electrons. The molecule has 0 aliphatic carbocycles. The van der Waals surface area contributed by atoms with Crippen LogP contribution in [0, 0.1) is 11.8 Å². The smallest absolute Gasteiger partial charge is 0.417 e. The molecule has 192 valence electrons. The molecule has 0 aromatic heterocycles. The first-order valence-corrected chi connectivity index (χ1v) is 12.1. The highest BCUT2D eigenvalue weighted by Crippen LogP contribution is 2.24. The van der Waals surface area contributed by atoms with Gasteiger partial charge in [-0.15, -0.1) is 6.58 Å². The molecule has 7 nitrogen and oxygen atoms in total. The van der Waals surface area contributed by atoms with Crippen LogP contribution in [0.5, 0.6) is 5.75 Å². The third-order valence-electron chi connectivity index (χ3n) is 6.21. The highest BCUT2D eigenvalue weighted by Gasteiger charge is 2.42. The molecular formula is C29H35NO6. The molecule has 1 aliphatic rings. The van der Waals surface area contributed by atoms with E-state index in [4.69, 9.17) is 14.2 Å². The number of carbonyl (C=O) groups excluding carboxylic acids is 2. The highest BCUT2D eigenvalue weighted by atomic mass is 16.6. The molecule has 0 bridgehead atoms. The van der Waals surface area contributed by atoms with Gasteiger partial charge >= 0.3 is 6.09 Å². The maximum absolute atomic E-state index is 13.3. The number of carbonyl (C=O) groups is 2. The molecule has 1 aliphatic heterocycles. The Balaban J connectivity index is 1.59. The van der Waals surface area contributed by atoms with Crippen LogP contribution in [0.4, 0.5) is 4.79 Å². The van der Waals surface area contributed by atoms with Gasteiger partial charge in [0.05, 0.1) is 38.4 Å². The van der Waals surface area contributed by atoms with Crippen LogP contribution in [0.15, 0.2) is 78.9 Å². The summed E-state index contributed by atoms with van der Waals surface area (Å²) in [4.78, 5) is 26.9. The summed E-state index contributed by atoms with van der Waals surface area (Å²) in [6.45, 7) is 8.50. The Morgan fingerprint density at radius 2 is 1.89 bits per heavy atom. The van der Waals surface area contributed by atoms with Crippen molar-refractivity contribution in [3.8, 4) is 5.75 Å². The van der Waals surface area contributed by atoms with Crippen LogP contribution in [-0.2, 0) is 27.3 Å². The van der Waals surface area contributed by atoms with Crippen LogP contribution in [0.25, 0.3) is 0 Å². The Hall–Kier alpha value is -3.42. The van der Waals surface area contributed by atoms with Crippen LogP contribution >= 0.6 is 0 Å². The number of methoxy groups -OCH3 is 1. The van der Waals surface area contributed by atoms with Crippen molar-refractivity contribution in [2.75, 3.05) is 20.3 Å². The normalized spacial score (nSPS) is 18.3. The number of amides is 2. The summed E-state index contributed by atoms with van der Waals surface area (Å²) in [7, 11) is 1.63. The average molecular weight is 494 g/mol. The van der Waals surface area contributed by atoms with Crippen molar-refractivity contribution in [2.24, 2.45) is 11.8 Å². The van der Waals surface area contributed by atoms with E-state index in [1.54, 1.807) is 14.0 Å². The summed E-state index contributed by atoms with van der Waals surface area (Å²) in [6.07, 6.45) is 1.94. The van der Waals surface area contributed by atoms with Crippen LogP contribution < -0.4 is 4.74 Å². The largest absolute Gasteiger partial charge is 0.497 e. The Kier molecular flexibility index (Phi) is 9.85. The topological polar surface area (TPSA) is 85.3 Å². The number of nitrogens with zero attached hydrogens (tertiary/aromatic N) is 1. The lowest BCUT2D eigenvalue weighted by Crippen LogP contribution is -2.46. The minimum absolute atomic E-state index is 0.000969. The van der Waals surface area contributed by atoms with E-state index in [-0.39, 0.29) is 12.5 Å². The van der Waals surface area contributed by atoms with Crippen LogP contribution in [0.3, 0.4) is 0 Å². The molecule has 2 aromatic carbocycles. The third-order valence-corrected chi connectivity index (χ3v) is 6.21. The second kappa shape index (κ2) is 13.0. The lowest BCUT2D eigenvalue weighted by atomic mass is 9.92. The zero-order chi connectivity index (χ0) is 26.1. The van der Waals surface area contributed by atoms with E-state index in [0.717, 1.165) is 21.8 Å². The molecule has 7 heteroatoms. The van der Waals surface area contributed by atoms with Crippen molar-refractivity contribution >= 4 is 12.0 Å². The fourth-order valence-corrected chi connectivity index (χ4v) is 4.26. The molecule has 1 N–H and O–H groups in total. The van der Waals surface area contributed by atoms with Gasteiger partial charge in [-0.3, -0.25) is 4.79 Å². The summed E-state index contributed by atoms with van der Waals surface area (Å²) in [6, 6.07) is 16.8. The third kappa shape index (κ3) is 7.06. The Morgan fingerprint density at radius 3 is 2.53 bits per heavy atom. The molecule has 1 heterocycles. The molecule has 0 saturated carbocycles. The standard InChI is InChI=1S/C29H35NO6/c1-5-26(28(32)30-24(19-36-29(30)33)16-22-9-7-6-8-10-22)27(31)21(3)15-20(2)17-35-18-23-11-13-25(34-4)14-12-23/h5-15,20,24,26-27,31H,1,16-19H2,2-4H3/b21-15+/t20-,24+,26+,27-/m1/s1. The van der Waals surface area contributed by atoms with Gasteiger partial charge in [0, 0.05) is 0 Å². The molecule has 4 atom stereocenters. The van der Waals surface area contributed by atoms with Gasteiger partial charge in [-0.1, -0.05) is 61.5 Å². The number of benzene rings is 2. The number of aliphatic hydroxyl groups is 1. The minimum Gasteiger partial charge on any atom is -0.497 e. The Labute approximate surface area is 213 Å². The number of hydrogen-bond donors (Lipinski definition) is 1. The zero-order valence-corrected chi connectivity index (χ0v) is 21.1. The van der Waals surface area contributed by atoms with Crippen molar-refractivity contribution in [3.05, 3.63) is 90.0 Å². The molecule has 3 rings (SSSR count). The van der Waals surface area contributed by atoms with Gasteiger partial charge in [0.15, 0.2) is 0 Å². The number of aliphatic hydroxyl groups excluding tert-OH is 1. The summed E-state index contributed by atoms with van der Waals surface area (Å²) < 4.78 is 16.2. The highest BCUT2D eigenvalue weighted by molar-refractivity contribution is 5.96. The van der Waals surface area contributed by atoms with Gasteiger partial charge in [-0.2, -0.15) is 0 Å². The first kappa shape index (κ1) is 27.2. The molecular weight excluding hydrogens is 458 g/mol. The maximum Gasteiger partial charge on any atom is 0.417 e. The van der Waals surface area contributed by atoms with E-state index >= 15 is 0 Å². The lowest BCUT2D eigenvalue weighted by molar-refractivity contribution is -0.134. The zero-order valence-electron chi connectivity index (χ0n) is 21.1. The van der Waals surface area contributed by atoms with E-state index in [2.05, 4.69) is 6.58 Å². The van der Waals surface area contributed by atoms with E-state index in [0.29, 0.717) is 25.2 Å². The van der Waals surface area contributed by atoms with Crippen molar-refractivity contribution in [1.82, 2.24) is 4.90 Å². The Bertz CT molecular complexity index is 1050. The predicted molar refractivity (Wildman–Crippen MR) is 137 cm³/mol. The number of cyclic esters (lactones) is 1. The van der Waals surface area contributed by atoms with Crippen LogP contribution in [-0.4, -0.2) is 54.5 Å². The van der Waals surface area contributed by atoms with Gasteiger partial charge in [-0.05, 0) is 48.1 Å². The van der Waals surface area contributed by atoms with E-state index in [1.165, 1.54) is 6.08 Å². The maximum atomic E-state index is 13.3. The molecule has 0 unspecified atom stereocenters. The Morgan fingerprint density at radius 1 is 1.19 bits per heavy atom. The molecule has 36 heavy (non-hydrogen) atoms. The number of ether oxygens (including phenoxy) is 3. The van der Waals surface area contributed by atoms with Crippen molar-refractivity contribution in [2.45, 2.75) is 39.0 Å². The number of rotatable bonds is 12. The minimum atomic E-state index is -1.12. The van der Waals surface area contributed by atoms with Gasteiger partial charge in [0.25, 0.3) is 0 Å². The fraction of sp³-hybridized carbons (Fsp3) is 0.379. The second-order valence-electron chi connectivity index (χ2n) is 9.09. The molecule has 1 saturated heterocycles. The van der Waals surface area contributed by atoms with E-state index in [9.17, 15) is 14.7 Å². The van der Waals surface area contributed by atoms with Gasteiger partial charge in [-0.25, -0.2) is 9.69 Å². The van der Waals surface area contributed by atoms with Crippen LogP contribution in [0.1, 0.15) is 25.0 Å². The summed E-state index contributed by atoms with van der Waals surface area (Å²) in [5.41, 5.74) is 2.64. The fourth-order valence-electron chi connectivity index (χ4n) is 4.26. The molecule has 2 amide bonds. The van der Waals surface area contributed by atoms with Crippen molar-refractivity contribution in [3.63, 3.8) is 0 Å². The van der Waals surface area contributed by atoms with Crippen LogP contribution in [0.2, 0.25) is 0 Å².